The zero-order valence-corrected chi connectivity index (χ0v) is 15.8. The minimum Gasteiger partial charge on any atom is -0.491 e. The molecule has 0 aliphatic carbocycles. The fourth-order valence-electron chi connectivity index (χ4n) is 2.10. The molecule has 0 spiro atoms. The first-order chi connectivity index (χ1) is 13.0. The number of pyridine rings is 1. The average molecular weight is 390 g/mol. The first-order valence-electron chi connectivity index (χ1n) is 7.91. The molecule has 3 rings (SSSR count). The van der Waals surface area contributed by atoms with E-state index in [1.54, 1.807) is 31.6 Å². The monoisotopic (exact) mass is 390 g/mol. The number of hydrogen-bond acceptors (Lipinski definition) is 9. The Morgan fingerprint density at radius 2 is 2.22 bits per heavy atom. The molecule has 142 valence electrons. The summed E-state index contributed by atoms with van der Waals surface area (Å²) in [5.74, 6) is 2.00. The number of carbonyl (C=O) groups is 1. The molecule has 0 fully saturated rings. The van der Waals surface area contributed by atoms with Gasteiger partial charge in [-0.1, -0.05) is 16.9 Å². The predicted molar refractivity (Wildman–Crippen MR) is 96.7 cm³/mol. The fourth-order valence-corrected chi connectivity index (χ4v) is 2.89. The maximum atomic E-state index is 12.0. The molecule has 0 atom stereocenters. The van der Waals surface area contributed by atoms with Gasteiger partial charge in [-0.15, -0.1) is 10.2 Å². The summed E-state index contributed by atoms with van der Waals surface area (Å²) >= 11 is 1.49. The third-order valence-corrected chi connectivity index (χ3v) is 4.45. The van der Waals surface area contributed by atoms with Gasteiger partial charge in [-0.3, -0.25) is 9.78 Å². The number of rotatable bonds is 8. The van der Waals surface area contributed by atoms with Gasteiger partial charge >= 0.3 is 0 Å². The molecule has 0 bridgehead atoms. The Labute approximate surface area is 159 Å². The summed E-state index contributed by atoms with van der Waals surface area (Å²) < 4.78 is 17.6. The summed E-state index contributed by atoms with van der Waals surface area (Å²) in [5, 5.41) is 14.9. The number of hydrogen-bond donors (Lipinski definition) is 1. The maximum Gasteiger partial charge on any atom is 0.263 e. The lowest BCUT2D eigenvalue weighted by Crippen LogP contribution is -2.20. The van der Waals surface area contributed by atoms with Crippen molar-refractivity contribution in [1.82, 2.24) is 24.9 Å². The molecule has 3 aromatic heterocycles. The van der Waals surface area contributed by atoms with Crippen LogP contribution in [0, 0.1) is 6.92 Å². The van der Waals surface area contributed by atoms with E-state index in [2.05, 4.69) is 25.7 Å². The van der Waals surface area contributed by atoms with Crippen LogP contribution in [0.15, 0.2) is 34.3 Å². The summed E-state index contributed by atoms with van der Waals surface area (Å²) in [7, 11) is 3.38. The lowest BCUT2D eigenvalue weighted by atomic mass is 10.3. The van der Waals surface area contributed by atoms with Gasteiger partial charge in [-0.05, 0) is 6.92 Å². The van der Waals surface area contributed by atoms with Crippen LogP contribution in [-0.2, 0) is 17.6 Å². The van der Waals surface area contributed by atoms with E-state index in [1.165, 1.54) is 18.9 Å². The fraction of sp³-hybridized carbons (Fsp3) is 0.312. The van der Waals surface area contributed by atoms with Crippen molar-refractivity contribution in [2.24, 2.45) is 7.05 Å². The quantitative estimate of drug-likeness (QED) is 0.575. The van der Waals surface area contributed by atoms with Crippen LogP contribution < -0.4 is 14.8 Å². The van der Waals surface area contributed by atoms with Crippen LogP contribution in [0.3, 0.4) is 0 Å². The van der Waals surface area contributed by atoms with Gasteiger partial charge in [0.15, 0.2) is 29.1 Å². The molecule has 0 unspecified atom stereocenters. The van der Waals surface area contributed by atoms with Crippen LogP contribution >= 0.6 is 11.8 Å². The summed E-state index contributed by atoms with van der Waals surface area (Å²) in [5.41, 5.74) is 0.756. The van der Waals surface area contributed by atoms with E-state index in [0.717, 1.165) is 10.9 Å². The van der Waals surface area contributed by atoms with Crippen molar-refractivity contribution in [1.29, 1.82) is 0 Å². The van der Waals surface area contributed by atoms with E-state index < -0.39 is 0 Å². The summed E-state index contributed by atoms with van der Waals surface area (Å²) in [4.78, 5) is 16.3. The molecule has 3 heterocycles. The molecule has 0 saturated carbocycles. The molecule has 0 saturated heterocycles. The van der Waals surface area contributed by atoms with Gasteiger partial charge in [-0.25, -0.2) is 0 Å². The van der Waals surface area contributed by atoms with E-state index in [9.17, 15) is 4.79 Å². The average Bonchev–Trinajstić information content (AvgIpc) is 3.26. The number of carbonyl (C=O) groups excluding carboxylic acids is 1. The Kier molecular flexibility index (Phi) is 5.91. The minimum atomic E-state index is -0.364. The number of aryl methyl sites for hydroxylation is 2. The Morgan fingerprint density at radius 3 is 2.89 bits per heavy atom. The molecule has 11 heteroatoms. The molecule has 1 amide bonds. The van der Waals surface area contributed by atoms with Crippen molar-refractivity contribution in [3.05, 3.63) is 36.1 Å². The molecule has 0 radical (unpaired) electrons. The highest BCUT2D eigenvalue weighted by Gasteiger charge is 2.12. The van der Waals surface area contributed by atoms with Crippen molar-refractivity contribution in [3.8, 4) is 11.5 Å². The molecular weight excluding hydrogens is 372 g/mol. The van der Waals surface area contributed by atoms with Crippen LogP contribution in [-0.4, -0.2) is 44.5 Å². The van der Waals surface area contributed by atoms with Crippen LogP contribution in [0.4, 0.5) is 5.82 Å². The summed E-state index contributed by atoms with van der Waals surface area (Å²) in [6, 6.07) is 3.35. The van der Waals surface area contributed by atoms with Gasteiger partial charge in [0.25, 0.3) is 5.91 Å². The maximum absolute atomic E-state index is 12.0. The number of nitrogens with one attached hydrogen (secondary N) is 1. The first kappa shape index (κ1) is 18.7. The predicted octanol–water partition coefficient (Wildman–Crippen LogP) is 1.82. The smallest absolute Gasteiger partial charge is 0.263 e. The van der Waals surface area contributed by atoms with E-state index in [0.29, 0.717) is 28.8 Å². The third-order valence-electron chi connectivity index (χ3n) is 3.38. The van der Waals surface area contributed by atoms with Crippen LogP contribution in [0.1, 0.15) is 11.5 Å². The topological polar surface area (TPSA) is 117 Å². The van der Waals surface area contributed by atoms with Crippen molar-refractivity contribution in [3.63, 3.8) is 0 Å². The van der Waals surface area contributed by atoms with Crippen LogP contribution in [0.25, 0.3) is 0 Å². The van der Waals surface area contributed by atoms with Crippen molar-refractivity contribution in [2.75, 3.05) is 19.0 Å². The molecular formula is C16H18N6O4S. The van der Waals surface area contributed by atoms with Gasteiger partial charge in [0.1, 0.15) is 12.1 Å². The highest BCUT2D eigenvalue weighted by atomic mass is 32.2. The Bertz CT molecular complexity index is 925. The van der Waals surface area contributed by atoms with E-state index in [1.807, 2.05) is 11.6 Å². The summed E-state index contributed by atoms with van der Waals surface area (Å²) in [6.07, 6.45) is 3.19. The van der Waals surface area contributed by atoms with E-state index in [-0.39, 0.29) is 12.5 Å². The number of thioether (sulfide) groups is 1. The second-order valence-electron chi connectivity index (χ2n) is 5.50. The standard InChI is InChI=1S/C16H18N6O4S/c1-10-4-14(21-26-10)19-15(23)7-25-12-5-11(17-6-13(12)24-3)8-27-16-20-18-9-22(16)2/h4-6,9H,7-8H2,1-3H3,(H,19,21,23). The second-order valence-corrected chi connectivity index (χ2v) is 6.44. The van der Waals surface area contributed by atoms with Crippen molar-refractivity contribution in [2.45, 2.75) is 17.8 Å². The Hall–Kier alpha value is -3.08. The summed E-state index contributed by atoms with van der Waals surface area (Å²) in [6.45, 7) is 1.53. The molecule has 27 heavy (non-hydrogen) atoms. The van der Waals surface area contributed by atoms with Crippen molar-refractivity contribution >= 4 is 23.5 Å². The lowest BCUT2D eigenvalue weighted by Gasteiger charge is -2.11. The molecule has 0 aromatic carbocycles. The highest BCUT2D eigenvalue weighted by Crippen LogP contribution is 2.29. The molecule has 0 aliphatic rings. The SMILES string of the molecule is COc1cnc(CSc2nncn2C)cc1OCC(=O)Nc1cc(C)on1. The van der Waals surface area contributed by atoms with E-state index in [4.69, 9.17) is 14.0 Å². The van der Waals surface area contributed by atoms with Gasteiger partial charge in [-0.2, -0.15) is 0 Å². The molecule has 3 aromatic rings. The molecule has 1 N–H and O–H groups in total. The first-order valence-corrected chi connectivity index (χ1v) is 8.89. The Morgan fingerprint density at radius 1 is 1.37 bits per heavy atom. The zero-order valence-electron chi connectivity index (χ0n) is 15.0. The highest BCUT2D eigenvalue weighted by molar-refractivity contribution is 7.98. The zero-order chi connectivity index (χ0) is 19.2. The van der Waals surface area contributed by atoms with Gasteiger partial charge in [0.2, 0.25) is 0 Å². The number of amides is 1. The van der Waals surface area contributed by atoms with Gasteiger partial charge < -0.3 is 23.9 Å². The second kappa shape index (κ2) is 8.54. The van der Waals surface area contributed by atoms with Crippen LogP contribution in [0.5, 0.6) is 11.5 Å². The number of methoxy groups -OCH3 is 1. The molecule has 0 aliphatic heterocycles. The minimum absolute atomic E-state index is 0.206. The normalized spacial score (nSPS) is 10.6. The number of aromatic nitrogens is 5. The Balaban J connectivity index is 1.61. The van der Waals surface area contributed by atoms with Gasteiger partial charge in [0, 0.05) is 24.9 Å². The van der Waals surface area contributed by atoms with Crippen molar-refractivity contribution < 1.29 is 18.8 Å². The van der Waals surface area contributed by atoms with Crippen LogP contribution in [0.2, 0.25) is 0 Å². The number of ether oxygens (including phenoxy) is 2. The largest absolute Gasteiger partial charge is 0.491 e. The number of anilines is 1. The number of nitrogens with zero attached hydrogens (tertiary/aromatic N) is 5. The third kappa shape index (κ3) is 4.97. The lowest BCUT2D eigenvalue weighted by molar-refractivity contribution is -0.118. The van der Waals surface area contributed by atoms with E-state index >= 15 is 0 Å². The van der Waals surface area contributed by atoms with Gasteiger partial charge in [0.05, 0.1) is 19.0 Å². The molecule has 10 nitrogen and oxygen atoms in total.